The first-order valence-corrected chi connectivity index (χ1v) is 8.50. The van der Waals surface area contributed by atoms with Crippen molar-refractivity contribution in [3.05, 3.63) is 58.7 Å². The second-order valence-electron chi connectivity index (χ2n) is 6.56. The molecule has 0 aliphatic heterocycles. The maximum Gasteiger partial charge on any atom is 0.226 e. The van der Waals surface area contributed by atoms with Gasteiger partial charge in [0.2, 0.25) is 11.8 Å². The minimum atomic E-state index is -0.0937. The molecule has 0 bridgehead atoms. The minimum absolute atomic E-state index is 0.0669. The third kappa shape index (κ3) is 4.92. The van der Waals surface area contributed by atoms with Gasteiger partial charge in [0.15, 0.2) is 0 Å². The van der Waals surface area contributed by atoms with E-state index in [-0.39, 0.29) is 18.2 Å². The Kier molecular flexibility index (Phi) is 5.97. The first-order chi connectivity index (χ1) is 11.8. The molecule has 0 aliphatic carbocycles. The molecule has 0 spiro atoms. The van der Waals surface area contributed by atoms with E-state index in [1.165, 1.54) is 12.5 Å². The predicted octanol–water partition coefficient (Wildman–Crippen LogP) is 4.30. The van der Waals surface area contributed by atoms with Crippen molar-refractivity contribution in [2.75, 3.05) is 16.8 Å². The SMILES string of the molecule is CC(=O)N(CCC(=O)Nc1cc(C)ccc1C)c1ccc(C)c(C)c1. The van der Waals surface area contributed by atoms with Gasteiger partial charge in [0.25, 0.3) is 0 Å². The van der Waals surface area contributed by atoms with Gasteiger partial charge >= 0.3 is 0 Å². The molecule has 0 heterocycles. The number of anilines is 2. The summed E-state index contributed by atoms with van der Waals surface area (Å²) < 4.78 is 0. The first-order valence-electron chi connectivity index (χ1n) is 8.50. The van der Waals surface area contributed by atoms with Crippen LogP contribution in [-0.4, -0.2) is 18.4 Å². The van der Waals surface area contributed by atoms with Gasteiger partial charge in [-0.05, 0) is 68.1 Å². The summed E-state index contributed by atoms with van der Waals surface area (Å²) in [5.41, 5.74) is 6.09. The van der Waals surface area contributed by atoms with E-state index >= 15 is 0 Å². The molecule has 2 aromatic rings. The Balaban J connectivity index is 2.05. The van der Waals surface area contributed by atoms with E-state index in [0.717, 1.165) is 28.1 Å². The van der Waals surface area contributed by atoms with Crippen LogP contribution >= 0.6 is 0 Å². The fourth-order valence-corrected chi connectivity index (χ4v) is 2.66. The second-order valence-corrected chi connectivity index (χ2v) is 6.56. The lowest BCUT2D eigenvalue weighted by Gasteiger charge is -2.22. The Labute approximate surface area is 149 Å². The van der Waals surface area contributed by atoms with Crippen LogP contribution in [0.5, 0.6) is 0 Å². The van der Waals surface area contributed by atoms with Crippen LogP contribution in [0.15, 0.2) is 36.4 Å². The van der Waals surface area contributed by atoms with Crippen LogP contribution in [0, 0.1) is 27.7 Å². The highest BCUT2D eigenvalue weighted by Crippen LogP contribution is 2.20. The van der Waals surface area contributed by atoms with E-state index in [0.29, 0.717) is 6.54 Å². The molecule has 132 valence electrons. The van der Waals surface area contributed by atoms with Gasteiger partial charge in [-0.15, -0.1) is 0 Å². The molecule has 0 saturated carbocycles. The number of hydrogen-bond acceptors (Lipinski definition) is 2. The molecule has 0 aliphatic rings. The molecule has 2 aromatic carbocycles. The number of rotatable bonds is 5. The number of nitrogens with zero attached hydrogens (tertiary/aromatic N) is 1. The largest absolute Gasteiger partial charge is 0.326 e. The normalized spacial score (nSPS) is 10.4. The van der Waals surface area contributed by atoms with Crippen molar-refractivity contribution in [2.45, 2.75) is 41.0 Å². The van der Waals surface area contributed by atoms with E-state index in [9.17, 15) is 9.59 Å². The molecule has 0 aromatic heterocycles. The minimum Gasteiger partial charge on any atom is -0.326 e. The first kappa shape index (κ1) is 18.7. The molecule has 0 radical (unpaired) electrons. The summed E-state index contributed by atoms with van der Waals surface area (Å²) in [4.78, 5) is 26.0. The van der Waals surface area contributed by atoms with E-state index < -0.39 is 0 Å². The summed E-state index contributed by atoms with van der Waals surface area (Å²) in [6.45, 7) is 9.89. The Morgan fingerprint density at radius 1 is 0.920 bits per heavy atom. The predicted molar refractivity (Wildman–Crippen MR) is 103 cm³/mol. The van der Waals surface area contributed by atoms with Crippen molar-refractivity contribution >= 4 is 23.2 Å². The van der Waals surface area contributed by atoms with Gasteiger partial charge < -0.3 is 10.2 Å². The molecule has 25 heavy (non-hydrogen) atoms. The van der Waals surface area contributed by atoms with Crippen molar-refractivity contribution in [2.24, 2.45) is 0 Å². The standard InChI is InChI=1S/C21H26N2O2/c1-14-6-7-16(3)20(12-14)22-21(25)10-11-23(18(5)24)19-9-8-15(2)17(4)13-19/h6-9,12-13H,10-11H2,1-5H3,(H,22,25). The van der Waals surface area contributed by atoms with Gasteiger partial charge in [-0.25, -0.2) is 0 Å². The quantitative estimate of drug-likeness (QED) is 0.883. The van der Waals surface area contributed by atoms with Crippen molar-refractivity contribution < 1.29 is 9.59 Å². The topological polar surface area (TPSA) is 49.4 Å². The van der Waals surface area contributed by atoms with E-state index in [2.05, 4.69) is 5.32 Å². The molecule has 4 heteroatoms. The molecular formula is C21H26N2O2. The number of nitrogens with one attached hydrogen (secondary N) is 1. The van der Waals surface area contributed by atoms with E-state index in [1.54, 1.807) is 4.90 Å². The van der Waals surface area contributed by atoms with Gasteiger partial charge in [0.05, 0.1) is 0 Å². The molecule has 0 saturated heterocycles. The Morgan fingerprint density at radius 2 is 1.60 bits per heavy atom. The van der Waals surface area contributed by atoms with E-state index in [4.69, 9.17) is 0 Å². The maximum atomic E-state index is 12.3. The zero-order valence-corrected chi connectivity index (χ0v) is 15.6. The zero-order chi connectivity index (χ0) is 18.6. The smallest absolute Gasteiger partial charge is 0.226 e. The van der Waals surface area contributed by atoms with Gasteiger partial charge in [0, 0.05) is 31.3 Å². The number of carbonyl (C=O) groups is 2. The van der Waals surface area contributed by atoms with Crippen LogP contribution in [0.25, 0.3) is 0 Å². The number of benzene rings is 2. The van der Waals surface area contributed by atoms with Crippen LogP contribution in [0.4, 0.5) is 11.4 Å². The number of aryl methyl sites for hydroxylation is 4. The second kappa shape index (κ2) is 7.97. The van der Waals surface area contributed by atoms with Crippen molar-refractivity contribution in [1.82, 2.24) is 0 Å². The highest BCUT2D eigenvalue weighted by Gasteiger charge is 2.14. The van der Waals surface area contributed by atoms with Gasteiger partial charge in [-0.1, -0.05) is 18.2 Å². The van der Waals surface area contributed by atoms with Crippen LogP contribution < -0.4 is 10.2 Å². The summed E-state index contributed by atoms with van der Waals surface area (Å²) in [6, 6.07) is 11.9. The average Bonchev–Trinajstić information content (AvgIpc) is 2.54. The lowest BCUT2D eigenvalue weighted by molar-refractivity contribution is -0.117. The fourth-order valence-electron chi connectivity index (χ4n) is 2.66. The van der Waals surface area contributed by atoms with Crippen molar-refractivity contribution in [1.29, 1.82) is 0 Å². The van der Waals surface area contributed by atoms with Gasteiger partial charge in [-0.2, -0.15) is 0 Å². The Morgan fingerprint density at radius 3 is 2.24 bits per heavy atom. The number of hydrogen-bond donors (Lipinski definition) is 1. The van der Waals surface area contributed by atoms with Crippen LogP contribution in [0.2, 0.25) is 0 Å². The summed E-state index contributed by atoms with van der Waals surface area (Å²) in [5, 5.41) is 2.94. The molecule has 4 nitrogen and oxygen atoms in total. The highest BCUT2D eigenvalue weighted by molar-refractivity contribution is 5.95. The summed E-state index contributed by atoms with van der Waals surface area (Å²) in [6.07, 6.45) is 0.250. The van der Waals surface area contributed by atoms with Crippen LogP contribution in [0.3, 0.4) is 0 Å². The maximum absolute atomic E-state index is 12.3. The third-order valence-electron chi connectivity index (χ3n) is 4.41. The third-order valence-corrected chi connectivity index (χ3v) is 4.41. The monoisotopic (exact) mass is 338 g/mol. The molecule has 1 N–H and O–H groups in total. The van der Waals surface area contributed by atoms with Crippen LogP contribution in [0.1, 0.15) is 35.6 Å². The molecule has 2 amide bonds. The highest BCUT2D eigenvalue weighted by atomic mass is 16.2. The molecule has 0 unspecified atom stereocenters. The summed E-state index contributed by atoms with van der Waals surface area (Å²) in [7, 11) is 0. The van der Waals surface area contributed by atoms with E-state index in [1.807, 2.05) is 64.1 Å². The molecular weight excluding hydrogens is 312 g/mol. The number of carbonyl (C=O) groups excluding carboxylic acids is 2. The van der Waals surface area contributed by atoms with Gasteiger partial charge in [-0.3, -0.25) is 9.59 Å². The zero-order valence-electron chi connectivity index (χ0n) is 15.6. The van der Waals surface area contributed by atoms with Gasteiger partial charge in [0.1, 0.15) is 0 Å². The number of amides is 2. The van der Waals surface area contributed by atoms with Crippen molar-refractivity contribution in [3.8, 4) is 0 Å². The lowest BCUT2D eigenvalue weighted by Crippen LogP contribution is -2.32. The Bertz CT molecular complexity index is 796. The molecule has 0 fully saturated rings. The molecule has 2 rings (SSSR count). The summed E-state index contributed by atoms with van der Waals surface area (Å²) >= 11 is 0. The van der Waals surface area contributed by atoms with Crippen LogP contribution in [-0.2, 0) is 9.59 Å². The lowest BCUT2D eigenvalue weighted by atomic mass is 10.1. The Hall–Kier alpha value is -2.62. The summed E-state index contributed by atoms with van der Waals surface area (Å²) in [5.74, 6) is -0.161. The molecule has 0 atom stereocenters. The fraction of sp³-hybridized carbons (Fsp3) is 0.333. The van der Waals surface area contributed by atoms with Crippen molar-refractivity contribution in [3.63, 3.8) is 0 Å². The average molecular weight is 338 g/mol.